The van der Waals surface area contributed by atoms with Gasteiger partial charge in [-0.1, -0.05) is 37.8 Å². The average Bonchev–Trinajstić information content (AvgIpc) is 1.85. The normalized spacial score (nSPS) is 13.4. The highest BCUT2D eigenvalue weighted by Gasteiger charge is 1.88. The predicted octanol–water partition coefficient (Wildman–Crippen LogP) is 2.94. The molecule has 0 fully saturated rings. The van der Waals surface area contributed by atoms with Gasteiger partial charge in [-0.25, -0.2) is 0 Å². The maximum Gasteiger partial charge on any atom is -0.0224 e. The molecule has 0 nitrogen and oxygen atoms in total. The summed E-state index contributed by atoms with van der Waals surface area (Å²) in [6, 6.07) is 0. The van der Waals surface area contributed by atoms with Crippen LogP contribution in [0, 0.1) is 5.92 Å². The van der Waals surface area contributed by atoms with E-state index in [1.54, 1.807) is 6.08 Å². The fourth-order valence-electron chi connectivity index (χ4n) is 0.610. The quantitative estimate of drug-likeness (QED) is 0.397. The third-order valence-corrected chi connectivity index (χ3v) is 1.11. The summed E-state index contributed by atoms with van der Waals surface area (Å²) in [6.07, 6.45) is 8.85. The number of rotatable bonds is 4. The first-order chi connectivity index (χ1) is 4.31. The zero-order chi connectivity index (χ0) is 7.11. The van der Waals surface area contributed by atoms with Gasteiger partial charge in [0.1, 0.15) is 0 Å². The smallest absolute Gasteiger partial charge is 0.0224 e. The lowest BCUT2D eigenvalue weighted by molar-refractivity contribution is 0.746. The van der Waals surface area contributed by atoms with Crippen LogP contribution in [0.15, 0.2) is 37.5 Å². The van der Waals surface area contributed by atoms with E-state index in [9.17, 15) is 0 Å². The van der Waals surface area contributed by atoms with E-state index in [1.807, 2.05) is 12.2 Å². The Morgan fingerprint density at radius 1 is 1.44 bits per heavy atom. The lowest BCUT2D eigenvalue weighted by atomic mass is 10.1. The summed E-state index contributed by atoms with van der Waals surface area (Å²) in [4.78, 5) is 0. The molecule has 0 amide bonds. The van der Waals surface area contributed by atoms with Crippen LogP contribution in [-0.4, -0.2) is 0 Å². The lowest BCUT2D eigenvalue weighted by Crippen LogP contribution is -1.83. The van der Waals surface area contributed by atoms with Crippen molar-refractivity contribution in [2.75, 3.05) is 0 Å². The molecular weight excluding hydrogens is 108 g/mol. The number of hydrogen-bond acceptors (Lipinski definition) is 0. The van der Waals surface area contributed by atoms with Crippen LogP contribution in [0.5, 0.6) is 0 Å². The summed E-state index contributed by atoms with van der Waals surface area (Å²) < 4.78 is 0. The van der Waals surface area contributed by atoms with Crippen molar-refractivity contribution in [3.63, 3.8) is 0 Å². The molecule has 0 aliphatic rings. The molecule has 0 rings (SSSR count). The van der Waals surface area contributed by atoms with Gasteiger partial charge in [-0.3, -0.25) is 0 Å². The Morgan fingerprint density at radius 3 is 2.56 bits per heavy atom. The highest BCUT2D eigenvalue weighted by molar-refractivity contribution is 5.00. The molecule has 0 heterocycles. The van der Waals surface area contributed by atoms with E-state index in [1.165, 1.54) is 0 Å². The molecule has 0 radical (unpaired) electrons. The van der Waals surface area contributed by atoms with E-state index in [4.69, 9.17) is 0 Å². The topological polar surface area (TPSA) is 0 Å². The summed E-state index contributed by atoms with van der Waals surface area (Å²) >= 11 is 0. The summed E-state index contributed by atoms with van der Waals surface area (Å²) in [6.45, 7) is 9.38. The summed E-state index contributed by atoms with van der Waals surface area (Å²) in [7, 11) is 0. The Hall–Kier alpha value is -0.780. The van der Waals surface area contributed by atoms with Gasteiger partial charge in [-0.15, -0.1) is 6.58 Å². The van der Waals surface area contributed by atoms with Gasteiger partial charge in [0.2, 0.25) is 0 Å². The third kappa shape index (κ3) is 5.09. The Balaban J connectivity index is 3.47. The second-order valence-electron chi connectivity index (χ2n) is 2.12. The zero-order valence-corrected chi connectivity index (χ0v) is 6.01. The fraction of sp³-hybridized carbons (Fsp3) is 0.333. The fourth-order valence-corrected chi connectivity index (χ4v) is 0.610. The molecule has 0 saturated heterocycles. The first kappa shape index (κ1) is 8.22. The van der Waals surface area contributed by atoms with Crippen molar-refractivity contribution in [1.29, 1.82) is 0 Å². The molecule has 1 unspecified atom stereocenters. The van der Waals surface area contributed by atoms with E-state index in [0.29, 0.717) is 5.92 Å². The second kappa shape index (κ2) is 5.36. The standard InChI is InChI=1S/C9H14/c1-4-6-8-9(3)7-5-2/h4-6,8-9H,1-2,7H2,3H3/b8-6-. The SMILES string of the molecule is C=C/C=C\C(C)CC=C. The minimum Gasteiger partial charge on any atom is -0.103 e. The van der Waals surface area contributed by atoms with Gasteiger partial charge >= 0.3 is 0 Å². The van der Waals surface area contributed by atoms with Crippen molar-refractivity contribution in [2.45, 2.75) is 13.3 Å². The molecule has 0 aromatic rings. The van der Waals surface area contributed by atoms with Crippen molar-refractivity contribution < 1.29 is 0 Å². The van der Waals surface area contributed by atoms with Crippen LogP contribution in [0.3, 0.4) is 0 Å². The molecule has 9 heavy (non-hydrogen) atoms. The molecular formula is C9H14. The van der Waals surface area contributed by atoms with E-state index in [0.717, 1.165) is 6.42 Å². The molecule has 1 atom stereocenters. The van der Waals surface area contributed by atoms with Gasteiger partial charge in [0.05, 0.1) is 0 Å². The van der Waals surface area contributed by atoms with Crippen molar-refractivity contribution in [1.82, 2.24) is 0 Å². The van der Waals surface area contributed by atoms with Crippen LogP contribution in [0.1, 0.15) is 13.3 Å². The first-order valence-electron chi connectivity index (χ1n) is 3.21. The first-order valence-corrected chi connectivity index (χ1v) is 3.21. The lowest BCUT2D eigenvalue weighted by Gasteiger charge is -1.97. The Bertz CT molecular complexity index is 109. The van der Waals surface area contributed by atoms with Crippen LogP contribution in [0.4, 0.5) is 0 Å². The Morgan fingerprint density at radius 2 is 2.11 bits per heavy atom. The minimum absolute atomic E-state index is 0.598. The van der Waals surface area contributed by atoms with E-state index in [2.05, 4.69) is 26.2 Å². The van der Waals surface area contributed by atoms with Gasteiger partial charge in [0, 0.05) is 0 Å². The maximum absolute atomic E-state index is 3.65. The molecule has 0 bridgehead atoms. The monoisotopic (exact) mass is 122 g/mol. The maximum atomic E-state index is 3.65. The predicted molar refractivity (Wildman–Crippen MR) is 43.3 cm³/mol. The van der Waals surface area contributed by atoms with Crippen LogP contribution in [0.2, 0.25) is 0 Å². The van der Waals surface area contributed by atoms with Gasteiger partial charge in [0.25, 0.3) is 0 Å². The number of allylic oxidation sites excluding steroid dienone is 4. The van der Waals surface area contributed by atoms with Crippen LogP contribution in [0.25, 0.3) is 0 Å². The zero-order valence-electron chi connectivity index (χ0n) is 6.01. The van der Waals surface area contributed by atoms with Crippen LogP contribution in [-0.2, 0) is 0 Å². The third-order valence-electron chi connectivity index (χ3n) is 1.11. The van der Waals surface area contributed by atoms with Gasteiger partial charge in [-0.2, -0.15) is 0 Å². The Labute approximate surface area is 57.6 Å². The highest BCUT2D eigenvalue weighted by Crippen LogP contribution is 2.02. The molecule has 0 aliphatic heterocycles. The molecule has 0 saturated carbocycles. The van der Waals surface area contributed by atoms with E-state index < -0.39 is 0 Å². The largest absolute Gasteiger partial charge is 0.103 e. The molecule has 0 aromatic carbocycles. The highest BCUT2D eigenvalue weighted by atomic mass is 13.9. The summed E-state index contributed by atoms with van der Waals surface area (Å²) in [5, 5.41) is 0. The van der Waals surface area contributed by atoms with Gasteiger partial charge in [0.15, 0.2) is 0 Å². The van der Waals surface area contributed by atoms with Crippen molar-refractivity contribution in [3.05, 3.63) is 37.5 Å². The average molecular weight is 122 g/mol. The van der Waals surface area contributed by atoms with Crippen LogP contribution >= 0.6 is 0 Å². The van der Waals surface area contributed by atoms with Crippen molar-refractivity contribution in [3.8, 4) is 0 Å². The molecule has 0 aliphatic carbocycles. The van der Waals surface area contributed by atoms with Gasteiger partial charge < -0.3 is 0 Å². The second-order valence-corrected chi connectivity index (χ2v) is 2.12. The van der Waals surface area contributed by atoms with Crippen molar-refractivity contribution >= 4 is 0 Å². The van der Waals surface area contributed by atoms with Gasteiger partial charge in [-0.05, 0) is 12.3 Å². The van der Waals surface area contributed by atoms with Crippen molar-refractivity contribution in [2.24, 2.45) is 5.92 Å². The summed E-state index contributed by atoms with van der Waals surface area (Å²) in [5.74, 6) is 0.598. The minimum atomic E-state index is 0.598. The number of hydrogen-bond donors (Lipinski definition) is 0. The van der Waals surface area contributed by atoms with E-state index in [-0.39, 0.29) is 0 Å². The van der Waals surface area contributed by atoms with E-state index >= 15 is 0 Å². The molecule has 0 heteroatoms. The molecule has 0 aromatic heterocycles. The molecule has 0 N–H and O–H groups in total. The molecule has 50 valence electrons. The molecule has 0 spiro atoms. The summed E-state index contributed by atoms with van der Waals surface area (Å²) in [5.41, 5.74) is 0. The van der Waals surface area contributed by atoms with Crippen LogP contribution < -0.4 is 0 Å². The Kier molecular flexibility index (Phi) is 4.89.